The third-order valence-corrected chi connectivity index (χ3v) is 7.81. The van der Waals surface area contributed by atoms with E-state index in [4.69, 9.17) is 11.6 Å². The van der Waals surface area contributed by atoms with Gasteiger partial charge in [0.25, 0.3) is 5.91 Å². The zero-order chi connectivity index (χ0) is 19.0. The standard InChI is InChI=1S/C18H19ClN4OS3/c1-22(2)18-21-17-15(27-18)10-14(26-17)16(24)20-11-3-4-13(12(19)9-11)23-5-7-25-8-6-23/h3-4,9-10H,5-8H2,1-2H3,(H,20,24). The third kappa shape index (κ3) is 4.03. The second kappa shape index (κ2) is 7.87. The van der Waals surface area contributed by atoms with Crippen molar-refractivity contribution in [1.29, 1.82) is 0 Å². The summed E-state index contributed by atoms with van der Waals surface area (Å²) in [7, 11) is 3.93. The van der Waals surface area contributed by atoms with E-state index in [1.54, 1.807) is 11.3 Å². The van der Waals surface area contributed by atoms with Gasteiger partial charge in [0.2, 0.25) is 0 Å². The molecular weight excluding hydrogens is 420 g/mol. The number of rotatable bonds is 4. The van der Waals surface area contributed by atoms with Gasteiger partial charge in [0, 0.05) is 44.4 Å². The van der Waals surface area contributed by atoms with E-state index in [0.717, 1.165) is 44.9 Å². The molecule has 2 aromatic heterocycles. The number of amides is 1. The molecular formula is C18H19ClN4OS3. The maximum atomic E-state index is 12.6. The SMILES string of the molecule is CN(C)c1nc2sc(C(=O)Nc3ccc(N4CCSCC4)c(Cl)c3)cc2s1. The lowest BCUT2D eigenvalue weighted by atomic mass is 10.2. The minimum Gasteiger partial charge on any atom is -0.369 e. The quantitative estimate of drug-likeness (QED) is 0.628. The average Bonchev–Trinajstić information content (AvgIpc) is 3.22. The molecule has 1 N–H and O–H groups in total. The molecule has 0 saturated carbocycles. The first-order chi connectivity index (χ1) is 13.0. The molecule has 0 aliphatic carbocycles. The van der Waals surface area contributed by atoms with Crippen LogP contribution in [0, 0.1) is 0 Å². The molecule has 0 bridgehead atoms. The number of anilines is 3. The number of fused-ring (bicyclic) bond motifs is 1. The summed E-state index contributed by atoms with van der Waals surface area (Å²) in [6.45, 7) is 2.01. The Hall–Kier alpha value is -1.48. The molecule has 0 unspecified atom stereocenters. The van der Waals surface area contributed by atoms with Crippen molar-refractivity contribution >= 4 is 78.0 Å². The molecule has 1 amide bonds. The van der Waals surface area contributed by atoms with E-state index in [1.807, 2.05) is 55.0 Å². The van der Waals surface area contributed by atoms with E-state index in [9.17, 15) is 4.79 Å². The number of thiazole rings is 1. The monoisotopic (exact) mass is 438 g/mol. The van der Waals surface area contributed by atoms with Crippen LogP contribution in [0.5, 0.6) is 0 Å². The lowest BCUT2D eigenvalue weighted by Crippen LogP contribution is -2.32. The summed E-state index contributed by atoms with van der Waals surface area (Å²) in [5, 5.41) is 4.56. The molecule has 1 saturated heterocycles. The summed E-state index contributed by atoms with van der Waals surface area (Å²) in [4.78, 5) is 23.0. The molecule has 5 nitrogen and oxygen atoms in total. The summed E-state index contributed by atoms with van der Waals surface area (Å²) in [5.74, 6) is 2.11. The summed E-state index contributed by atoms with van der Waals surface area (Å²) in [6.07, 6.45) is 0. The first kappa shape index (κ1) is 18.9. The second-order valence-corrected chi connectivity index (χ2v) is 10.1. The molecule has 1 aliphatic rings. The van der Waals surface area contributed by atoms with Gasteiger partial charge in [0.1, 0.15) is 4.83 Å². The van der Waals surface area contributed by atoms with E-state index < -0.39 is 0 Å². The van der Waals surface area contributed by atoms with Crippen LogP contribution in [0.15, 0.2) is 24.3 Å². The van der Waals surface area contributed by atoms with Crippen molar-refractivity contribution in [2.24, 2.45) is 0 Å². The number of thiophene rings is 1. The largest absolute Gasteiger partial charge is 0.369 e. The normalized spacial score (nSPS) is 14.6. The van der Waals surface area contributed by atoms with Crippen LogP contribution in [-0.4, -0.2) is 49.6 Å². The maximum absolute atomic E-state index is 12.6. The number of carbonyl (C=O) groups excluding carboxylic acids is 1. The zero-order valence-corrected chi connectivity index (χ0v) is 18.2. The summed E-state index contributed by atoms with van der Waals surface area (Å²) in [6, 6.07) is 7.64. The molecule has 1 fully saturated rings. The van der Waals surface area contributed by atoms with Crippen molar-refractivity contribution in [3.05, 3.63) is 34.2 Å². The van der Waals surface area contributed by atoms with Crippen LogP contribution in [0.1, 0.15) is 9.67 Å². The molecule has 0 radical (unpaired) electrons. The highest BCUT2D eigenvalue weighted by Gasteiger charge is 2.17. The fourth-order valence-corrected chi connectivity index (χ4v) is 6.10. The van der Waals surface area contributed by atoms with E-state index >= 15 is 0 Å². The fourth-order valence-electron chi connectivity index (χ4n) is 2.87. The van der Waals surface area contributed by atoms with Gasteiger partial charge in [-0.05, 0) is 24.3 Å². The van der Waals surface area contributed by atoms with Crippen LogP contribution in [-0.2, 0) is 0 Å². The van der Waals surface area contributed by atoms with Gasteiger partial charge >= 0.3 is 0 Å². The molecule has 0 spiro atoms. The second-order valence-electron chi connectivity index (χ2n) is 6.39. The Morgan fingerprint density at radius 2 is 2.00 bits per heavy atom. The Morgan fingerprint density at radius 1 is 1.22 bits per heavy atom. The Labute approximate surface area is 175 Å². The minimum absolute atomic E-state index is 0.130. The maximum Gasteiger partial charge on any atom is 0.265 e. The van der Waals surface area contributed by atoms with Crippen molar-refractivity contribution in [2.45, 2.75) is 0 Å². The molecule has 9 heteroatoms. The lowest BCUT2D eigenvalue weighted by molar-refractivity contribution is 0.103. The predicted molar refractivity (Wildman–Crippen MR) is 121 cm³/mol. The zero-order valence-electron chi connectivity index (χ0n) is 15.0. The number of hydrogen-bond donors (Lipinski definition) is 1. The van der Waals surface area contributed by atoms with Crippen LogP contribution in [0.25, 0.3) is 9.53 Å². The van der Waals surface area contributed by atoms with Gasteiger partial charge in [0.15, 0.2) is 5.13 Å². The van der Waals surface area contributed by atoms with Crippen LogP contribution in [0.3, 0.4) is 0 Å². The highest BCUT2D eigenvalue weighted by atomic mass is 35.5. The average molecular weight is 439 g/mol. The molecule has 142 valence electrons. The van der Waals surface area contributed by atoms with Crippen molar-refractivity contribution in [1.82, 2.24) is 4.98 Å². The van der Waals surface area contributed by atoms with Crippen molar-refractivity contribution < 1.29 is 4.79 Å². The summed E-state index contributed by atoms with van der Waals surface area (Å²) >= 11 is 11.4. The van der Waals surface area contributed by atoms with Gasteiger partial charge in [-0.1, -0.05) is 22.9 Å². The highest BCUT2D eigenvalue weighted by Crippen LogP contribution is 2.35. The van der Waals surface area contributed by atoms with Crippen LogP contribution in [0.4, 0.5) is 16.5 Å². The minimum atomic E-state index is -0.130. The van der Waals surface area contributed by atoms with E-state index in [-0.39, 0.29) is 5.91 Å². The molecule has 1 aromatic carbocycles. The van der Waals surface area contributed by atoms with Crippen LogP contribution in [0.2, 0.25) is 5.02 Å². The molecule has 4 rings (SSSR count). The molecule has 1 aliphatic heterocycles. The lowest BCUT2D eigenvalue weighted by Gasteiger charge is -2.29. The molecule has 0 atom stereocenters. The smallest absolute Gasteiger partial charge is 0.265 e. The summed E-state index contributed by atoms with van der Waals surface area (Å²) < 4.78 is 1.03. The summed E-state index contributed by atoms with van der Waals surface area (Å²) in [5.41, 5.74) is 1.74. The highest BCUT2D eigenvalue weighted by molar-refractivity contribution is 7.99. The van der Waals surface area contributed by atoms with Crippen molar-refractivity contribution in [3.8, 4) is 0 Å². The van der Waals surface area contributed by atoms with E-state index in [2.05, 4.69) is 15.2 Å². The van der Waals surface area contributed by atoms with Crippen LogP contribution >= 0.6 is 46.0 Å². The Morgan fingerprint density at radius 3 is 2.67 bits per heavy atom. The van der Waals surface area contributed by atoms with Crippen molar-refractivity contribution in [2.75, 3.05) is 53.8 Å². The molecule has 3 heterocycles. The number of thioether (sulfide) groups is 1. The third-order valence-electron chi connectivity index (χ3n) is 4.24. The molecule has 27 heavy (non-hydrogen) atoms. The van der Waals surface area contributed by atoms with Crippen molar-refractivity contribution in [3.63, 3.8) is 0 Å². The Balaban J connectivity index is 1.49. The van der Waals surface area contributed by atoms with Gasteiger partial charge in [0.05, 0.1) is 20.3 Å². The number of carbonyl (C=O) groups is 1. The van der Waals surface area contributed by atoms with Crippen LogP contribution < -0.4 is 15.1 Å². The number of aromatic nitrogens is 1. The van der Waals surface area contributed by atoms with Gasteiger partial charge in [-0.3, -0.25) is 4.79 Å². The Kier molecular flexibility index (Phi) is 5.50. The van der Waals surface area contributed by atoms with Gasteiger partial charge in [-0.25, -0.2) is 4.98 Å². The first-order valence-electron chi connectivity index (χ1n) is 8.52. The molecule has 3 aromatic rings. The fraction of sp³-hybridized carbons (Fsp3) is 0.333. The van der Waals surface area contributed by atoms with Gasteiger partial charge < -0.3 is 15.1 Å². The van der Waals surface area contributed by atoms with E-state index in [0.29, 0.717) is 15.6 Å². The topological polar surface area (TPSA) is 48.5 Å². The van der Waals surface area contributed by atoms with Gasteiger partial charge in [-0.15, -0.1) is 11.3 Å². The number of halogens is 1. The number of nitrogens with one attached hydrogen (secondary N) is 1. The van der Waals surface area contributed by atoms with Gasteiger partial charge in [-0.2, -0.15) is 11.8 Å². The number of hydrogen-bond acceptors (Lipinski definition) is 7. The van der Waals surface area contributed by atoms with E-state index in [1.165, 1.54) is 11.3 Å². The predicted octanol–water partition coefficient (Wildman–Crippen LogP) is 4.88. The number of benzene rings is 1. The number of nitrogens with zero attached hydrogens (tertiary/aromatic N) is 3. The Bertz CT molecular complexity index is 947. The first-order valence-corrected chi connectivity index (χ1v) is 11.7.